The number of thiazole rings is 2. The number of carbonyl (C=O) groups is 2. The highest BCUT2D eigenvalue weighted by Gasteiger charge is 2.17. The van der Waals surface area contributed by atoms with Crippen LogP contribution in [0.2, 0.25) is 0 Å². The molecule has 0 bridgehead atoms. The van der Waals surface area contributed by atoms with E-state index >= 15 is 0 Å². The molecule has 10 heteroatoms. The van der Waals surface area contributed by atoms with Gasteiger partial charge in [0.2, 0.25) is 11.0 Å². The van der Waals surface area contributed by atoms with Gasteiger partial charge < -0.3 is 43.4 Å². The average molecular weight is 879 g/mol. The summed E-state index contributed by atoms with van der Waals surface area (Å²) in [6.07, 6.45) is 19.8. The molecule has 0 spiro atoms. The molecule has 2 aromatic carbocycles. The second kappa shape index (κ2) is 25.6. The Hall–Kier alpha value is -2.40. The van der Waals surface area contributed by atoms with Crippen LogP contribution in [0.1, 0.15) is 145 Å². The van der Waals surface area contributed by atoms with Gasteiger partial charge in [-0.3, -0.25) is 0 Å². The molecule has 52 heavy (non-hydrogen) atoms. The van der Waals surface area contributed by atoms with Gasteiger partial charge in [0.15, 0.2) is 12.4 Å². The van der Waals surface area contributed by atoms with Crippen molar-refractivity contribution in [1.29, 1.82) is 0 Å². The lowest BCUT2D eigenvalue weighted by molar-refractivity contribution is -0.693. The number of benzene rings is 2. The molecule has 0 aliphatic heterocycles. The maximum absolute atomic E-state index is 11.9. The van der Waals surface area contributed by atoms with E-state index in [-0.39, 0.29) is 45.9 Å². The molecule has 0 saturated carbocycles. The lowest BCUT2D eigenvalue weighted by Gasteiger charge is -2.08. The van der Waals surface area contributed by atoms with Crippen LogP contribution in [-0.4, -0.2) is 25.2 Å². The highest BCUT2D eigenvalue weighted by molar-refractivity contribution is 7.09. The summed E-state index contributed by atoms with van der Waals surface area (Å²) >= 11 is 3.71. The van der Waals surface area contributed by atoms with Crippen molar-refractivity contribution < 1.29 is 62.2 Å². The molecule has 0 amide bonds. The molecule has 0 aliphatic carbocycles. The molecular formula is C42H58Br2N2O4S2. The van der Waals surface area contributed by atoms with E-state index in [4.69, 9.17) is 9.47 Å². The molecule has 4 rings (SSSR count). The van der Waals surface area contributed by atoms with Gasteiger partial charge in [0.25, 0.3) is 0 Å². The number of ether oxygens (including phenoxy) is 2. The average Bonchev–Trinajstić information content (AvgIpc) is 3.80. The smallest absolute Gasteiger partial charge is 0.338 e. The molecule has 0 fully saturated rings. The van der Waals surface area contributed by atoms with Crippen molar-refractivity contribution in [2.45, 2.75) is 130 Å². The zero-order valence-electron chi connectivity index (χ0n) is 31.5. The standard InChI is InChI=1S/C42H58N2O4S2.2BrH/c1-5-47-41(45)37-21-17-35(18-22-37)27-33(3)39-29-43(31-49-39)25-15-13-11-9-7-8-10-12-14-16-26-44-30-40(50-32-44)34(4)28-36-19-23-38(24-20-36)42(46)48-6-2;;/h17-24,29-34H,5-16,25-28H2,1-4H3;2*1H/q+2;;/p-2. The van der Waals surface area contributed by atoms with Gasteiger partial charge in [0.1, 0.15) is 13.1 Å². The van der Waals surface area contributed by atoms with E-state index in [9.17, 15) is 9.59 Å². The Morgan fingerprint density at radius 2 is 0.885 bits per heavy atom. The maximum Gasteiger partial charge on any atom is 0.338 e. The first-order chi connectivity index (χ1) is 24.4. The second-order valence-electron chi connectivity index (χ2n) is 13.6. The Bertz CT molecular complexity index is 1460. The fourth-order valence-electron chi connectivity index (χ4n) is 6.32. The summed E-state index contributed by atoms with van der Waals surface area (Å²) in [5, 5.41) is 0. The molecule has 286 valence electrons. The number of unbranched alkanes of at least 4 members (excludes halogenated alkanes) is 9. The molecule has 2 aromatic heterocycles. The first kappa shape index (κ1) is 45.8. The SMILES string of the molecule is CCOC(=O)c1ccc(CC(C)c2c[n+](CCCCCCCCCCCC[n+]3csc(C(C)Cc4ccc(C(=O)OCC)cc4)c3)cs2)cc1.[Br-].[Br-]. The van der Waals surface area contributed by atoms with Gasteiger partial charge in [-0.1, -0.05) is 99.3 Å². The van der Waals surface area contributed by atoms with Gasteiger partial charge >= 0.3 is 11.9 Å². The van der Waals surface area contributed by atoms with Gasteiger partial charge in [-0.15, -0.1) is 0 Å². The van der Waals surface area contributed by atoms with Crippen molar-refractivity contribution in [2.75, 3.05) is 13.2 Å². The summed E-state index contributed by atoms with van der Waals surface area (Å²) in [5.74, 6) is 0.402. The minimum Gasteiger partial charge on any atom is -1.00 e. The quantitative estimate of drug-likeness (QED) is 0.0643. The number of hydrogen-bond donors (Lipinski definition) is 0. The van der Waals surface area contributed by atoms with Crippen LogP contribution < -0.4 is 43.1 Å². The molecular weight excluding hydrogens is 820 g/mol. The molecule has 0 aliphatic rings. The van der Waals surface area contributed by atoms with E-state index in [1.54, 1.807) is 0 Å². The summed E-state index contributed by atoms with van der Waals surface area (Å²) in [4.78, 5) is 26.6. The number of hydrogen-bond acceptors (Lipinski definition) is 6. The summed E-state index contributed by atoms with van der Waals surface area (Å²) in [7, 11) is 0. The third kappa shape index (κ3) is 15.9. The van der Waals surface area contributed by atoms with Gasteiger partial charge in [-0.2, -0.15) is 9.13 Å². The van der Waals surface area contributed by atoms with E-state index in [0.29, 0.717) is 36.2 Å². The van der Waals surface area contributed by atoms with Crippen molar-refractivity contribution in [3.63, 3.8) is 0 Å². The van der Waals surface area contributed by atoms with Crippen LogP contribution in [0.25, 0.3) is 0 Å². The number of esters is 2. The van der Waals surface area contributed by atoms with Gasteiger partial charge in [0.05, 0.1) is 34.1 Å². The van der Waals surface area contributed by atoms with Crippen molar-refractivity contribution in [3.8, 4) is 0 Å². The molecule has 0 radical (unpaired) electrons. The molecule has 0 N–H and O–H groups in total. The van der Waals surface area contributed by atoms with Crippen molar-refractivity contribution in [1.82, 2.24) is 0 Å². The third-order valence-electron chi connectivity index (χ3n) is 9.30. The maximum atomic E-state index is 11.9. The summed E-state index contributed by atoms with van der Waals surface area (Å²) < 4.78 is 14.9. The summed E-state index contributed by atoms with van der Waals surface area (Å²) in [6.45, 7) is 11.2. The second-order valence-corrected chi connectivity index (χ2v) is 15.4. The number of rotatable bonds is 23. The Kier molecular flexibility index (Phi) is 22.5. The lowest BCUT2D eigenvalue weighted by Crippen LogP contribution is -3.00. The molecule has 2 heterocycles. The van der Waals surface area contributed by atoms with Gasteiger partial charge in [-0.05, 0) is 74.9 Å². The largest absolute Gasteiger partial charge is 1.00 e. The highest BCUT2D eigenvalue weighted by Crippen LogP contribution is 2.25. The molecule has 0 saturated heterocycles. The van der Waals surface area contributed by atoms with E-state index < -0.39 is 0 Å². The number of halogens is 2. The van der Waals surface area contributed by atoms with Crippen LogP contribution in [0.15, 0.2) is 71.9 Å². The van der Waals surface area contributed by atoms with Crippen LogP contribution in [0, 0.1) is 0 Å². The monoisotopic (exact) mass is 876 g/mol. The van der Waals surface area contributed by atoms with E-state index in [1.807, 2.05) is 85.1 Å². The Balaban J connectivity index is 0.00000468. The minimum absolute atomic E-state index is 0. The van der Waals surface area contributed by atoms with Gasteiger partial charge in [-0.25, -0.2) is 9.59 Å². The predicted molar refractivity (Wildman–Crippen MR) is 204 cm³/mol. The Labute approximate surface area is 341 Å². The van der Waals surface area contributed by atoms with Crippen LogP contribution >= 0.6 is 22.7 Å². The van der Waals surface area contributed by atoms with E-state index in [2.05, 4.69) is 46.4 Å². The van der Waals surface area contributed by atoms with Crippen LogP contribution in [0.4, 0.5) is 0 Å². The Morgan fingerprint density at radius 3 is 1.21 bits per heavy atom. The first-order valence-corrected chi connectivity index (χ1v) is 20.6. The molecule has 2 unspecified atom stereocenters. The van der Waals surface area contributed by atoms with Crippen molar-refractivity contribution in [3.05, 3.63) is 104 Å². The third-order valence-corrected chi connectivity index (χ3v) is 11.6. The zero-order valence-corrected chi connectivity index (χ0v) is 36.3. The molecule has 4 aromatic rings. The van der Waals surface area contributed by atoms with Crippen molar-refractivity contribution >= 4 is 34.6 Å². The van der Waals surface area contributed by atoms with Crippen molar-refractivity contribution in [2.24, 2.45) is 0 Å². The van der Waals surface area contributed by atoms with E-state index in [0.717, 1.165) is 25.9 Å². The first-order valence-electron chi connectivity index (χ1n) is 18.8. The highest BCUT2D eigenvalue weighted by atomic mass is 79.9. The summed E-state index contributed by atoms with van der Waals surface area (Å²) in [6, 6.07) is 15.7. The topological polar surface area (TPSA) is 60.4 Å². The summed E-state index contributed by atoms with van der Waals surface area (Å²) in [5.41, 5.74) is 8.27. The number of nitrogens with zero attached hydrogens (tertiary/aromatic N) is 2. The van der Waals surface area contributed by atoms with Gasteiger partial charge in [0, 0.05) is 24.7 Å². The normalized spacial score (nSPS) is 12.0. The Morgan fingerprint density at radius 1 is 0.558 bits per heavy atom. The van der Waals surface area contributed by atoms with Crippen LogP contribution in [0.5, 0.6) is 0 Å². The molecule has 6 nitrogen and oxygen atoms in total. The number of carbonyl (C=O) groups excluding carboxylic acids is 2. The fraction of sp³-hybridized carbons (Fsp3) is 0.524. The van der Waals surface area contributed by atoms with Crippen LogP contribution in [0.3, 0.4) is 0 Å². The number of aromatic nitrogens is 2. The number of aryl methyl sites for hydroxylation is 2. The minimum atomic E-state index is -0.251. The zero-order chi connectivity index (χ0) is 35.6. The fourth-order valence-corrected chi connectivity index (χ4v) is 8.19. The van der Waals surface area contributed by atoms with E-state index in [1.165, 1.54) is 85.1 Å². The van der Waals surface area contributed by atoms with Crippen LogP contribution in [-0.2, 0) is 35.4 Å². The predicted octanol–water partition coefficient (Wildman–Crippen LogP) is 4.04. The molecule has 2 atom stereocenters. The lowest BCUT2D eigenvalue weighted by atomic mass is 9.99.